The van der Waals surface area contributed by atoms with E-state index >= 15 is 0 Å². The largest absolute Gasteiger partial charge is 0.376 e. The Hall–Kier alpha value is -2.51. The zero-order valence-corrected chi connectivity index (χ0v) is 17.4. The molecule has 0 radical (unpaired) electrons. The van der Waals surface area contributed by atoms with Gasteiger partial charge < -0.3 is 15.4 Å². The summed E-state index contributed by atoms with van der Waals surface area (Å²) >= 11 is 1.68. The molecule has 6 nitrogen and oxygen atoms in total. The molecule has 7 heteroatoms. The third-order valence-electron chi connectivity index (χ3n) is 5.15. The predicted molar refractivity (Wildman–Crippen MR) is 117 cm³/mol. The maximum absolute atomic E-state index is 12.0. The molecule has 3 heterocycles. The number of nitrogens with one attached hydrogen (secondary N) is 2. The number of ether oxygens (including phenoxy) is 1. The first-order valence-corrected chi connectivity index (χ1v) is 11.0. The molecule has 4 rings (SSSR count). The maximum Gasteiger partial charge on any atom is 0.220 e. The summed E-state index contributed by atoms with van der Waals surface area (Å²) in [5.74, 6) is 0.907. The Morgan fingerprint density at radius 1 is 1.28 bits per heavy atom. The number of thiophene rings is 1. The number of aryl methyl sites for hydroxylation is 1. The quantitative estimate of drug-likeness (QED) is 0.546. The van der Waals surface area contributed by atoms with Gasteiger partial charge in [-0.15, -0.1) is 11.3 Å². The van der Waals surface area contributed by atoms with E-state index in [0.29, 0.717) is 19.5 Å². The number of hydrogen-bond donors (Lipinski definition) is 2. The predicted octanol–water partition coefficient (Wildman–Crippen LogP) is 4.15. The number of carbonyl (C=O) groups excluding carboxylic acids is 1. The molecule has 1 unspecified atom stereocenters. The summed E-state index contributed by atoms with van der Waals surface area (Å²) in [7, 11) is 0. The van der Waals surface area contributed by atoms with Crippen molar-refractivity contribution in [2.75, 3.05) is 25.0 Å². The van der Waals surface area contributed by atoms with Crippen molar-refractivity contribution in [3.63, 3.8) is 0 Å². The summed E-state index contributed by atoms with van der Waals surface area (Å²) in [6.45, 7) is 4.23. The summed E-state index contributed by atoms with van der Waals surface area (Å²) in [5, 5.41) is 7.45. The van der Waals surface area contributed by atoms with Gasteiger partial charge >= 0.3 is 0 Å². The van der Waals surface area contributed by atoms with Crippen LogP contribution in [-0.4, -0.2) is 41.7 Å². The van der Waals surface area contributed by atoms with Crippen molar-refractivity contribution in [2.24, 2.45) is 0 Å². The molecule has 0 saturated carbocycles. The van der Waals surface area contributed by atoms with Crippen LogP contribution in [-0.2, 0) is 9.53 Å². The average molecular weight is 411 g/mol. The second kappa shape index (κ2) is 9.33. The Bertz CT molecular complexity index is 968. The molecular formula is C22H26N4O2S. The van der Waals surface area contributed by atoms with Gasteiger partial charge in [-0.1, -0.05) is 30.3 Å². The number of hydrogen-bond acceptors (Lipinski definition) is 6. The second-order valence-electron chi connectivity index (χ2n) is 7.27. The first-order valence-electron chi connectivity index (χ1n) is 10.1. The van der Waals surface area contributed by atoms with Crippen molar-refractivity contribution in [3.05, 3.63) is 41.5 Å². The van der Waals surface area contributed by atoms with E-state index in [1.54, 1.807) is 17.7 Å². The van der Waals surface area contributed by atoms with E-state index < -0.39 is 0 Å². The van der Waals surface area contributed by atoms with Gasteiger partial charge in [-0.3, -0.25) is 4.79 Å². The average Bonchev–Trinajstić information content (AvgIpc) is 3.37. The fraction of sp³-hybridized carbons (Fsp3) is 0.409. The highest BCUT2D eigenvalue weighted by Gasteiger charge is 2.17. The van der Waals surface area contributed by atoms with E-state index in [0.717, 1.165) is 41.9 Å². The molecule has 1 aliphatic rings. The van der Waals surface area contributed by atoms with Gasteiger partial charge in [-0.05, 0) is 31.7 Å². The standard InChI is InChI=1S/C22H26N4O2S/c1-15-19(16-7-3-2-4-8-16)20-21(25-14-26-22(20)29-15)23-11-5-10-18(27)24-13-17-9-6-12-28-17/h2-4,7-8,14,17H,5-6,9-13H2,1H3,(H,24,27)(H,23,25,26). The molecule has 1 saturated heterocycles. The van der Waals surface area contributed by atoms with Crippen molar-refractivity contribution in [1.29, 1.82) is 0 Å². The first-order chi connectivity index (χ1) is 14.2. The molecule has 2 aromatic heterocycles. The van der Waals surface area contributed by atoms with E-state index in [9.17, 15) is 4.79 Å². The molecule has 1 aromatic carbocycles. The molecule has 1 fully saturated rings. The van der Waals surface area contributed by atoms with Crippen LogP contribution in [0.3, 0.4) is 0 Å². The Morgan fingerprint density at radius 3 is 2.93 bits per heavy atom. The van der Waals surface area contributed by atoms with Gasteiger partial charge in [-0.2, -0.15) is 0 Å². The Kier molecular flexibility index (Phi) is 6.36. The molecule has 0 spiro atoms. The first kappa shape index (κ1) is 19.8. The van der Waals surface area contributed by atoms with E-state index in [1.807, 2.05) is 18.2 Å². The monoisotopic (exact) mass is 410 g/mol. The van der Waals surface area contributed by atoms with E-state index in [1.165, 1.54) is 16.0 Å². The number of rotatable bonds is 8. The van der Waals surface area contributed by atoms with E-state index in [-0.39, 0.29) is 12.0 Å². The summed E-state index contributed by atoms with van der Waals surface area (Å²) in [4.78, 5) is 23.2. The second-order valence-corrected chi connectivity index (χ2v) is 8.47. The van der Waals surface area contributed by atoms with Crippen LogP contribution in [0.25, 0.3) is 21.3 Å². The third kappa shape index (κ3) is 4.74. The Labute approximate surface area is 174 Å². The summed E-state index contributed by atoms with van der Waals surface area (Å²) < 4.78 is 5.54. The van der Waals surface area contributed by atoms with Gasteiger partial charge in [0.05, 0.1) is 11.5 Å². The minimum Gasteiger partial charge on any atom is -0.376 e. The normalized spacial score (nSPS) is 16.2. The van der Waals surface area contributed by atoms with Crippen LogP contribution in [0.1, 0.15) is 30.6 Å². The van der Waals surface area contributed by atoms with Crippen molar-refractivity contribution in [2.45, 2.75) is 38.7 Å². The molecule has 3 aromatic rings. The van der Waals surface area contributed by atoms with Crippen molar-refractivity contribution in [3.8, 4) is 11.1 Å². The Morgan fingerprint density at radius 2 is 2.14 bits per heavy atom. The van der Waals surface area contributed by atoms with Crippen LogP contribution in [0.4, 0.5) is 5.82 Å². The fourth-order valence-corrected chi connectivity index (χ4v) is 4.72. The van der Waals surface area contributed by atoms with Gasteiger partial charge in [0.2, 0.25) is 5.91 Å². The highest BCUT2D eigenvalue weighted by Crippen LogP contribution is 2.40. The molecular weight excluding hydrogens is 384 g/mol. The molecule has 152 valence electrons. The third-order valence-corrected chi connectivity index (χ3v) is 6.16. The minimum atomic E-state index is 0.0755. The summed E-state index contributed by atoms with van der Waals surface area (Å²) in [6.07, 6.45) is 5.14. The SMILES string of the molecule is Cc1sc2ncnc(NCCCC(=O)NCC3CCCO3)c2c1-c1ccccc1. The van der Waals surface area contributed by atoms with Crippen molar-refractivity contribution < 1.29 is 9.53 Å². The van der Waals surface area contributed by atoms with Crippen LogP contribution in [0.2, 0.25) is 0 Å². The number of benzene rings is 1. The van der Waals surface area contributed by atoms with Crippen LogP contribution in [0.15, 0.2) is 36.7 Å². The number of amides is 1. The minimum absolute atomic E-state index is 0.0755. The number of aromatic nitrogens is 2. The lowest BCUT2D eigenvalue weighted by Crippen LogP contribution is -2.31. The van der Waals surface area contributed by atoms with Crippen LogP contribution < -0.4 is 10.6 Å². The van der Waals surface area contributed by atoms with Crippen LogP contribution >= 0.6 is 11.3 Å². The molecule has 29 heavy (non-hydrogen) atoms. The summed E-state index contributed by atoms with van der Waals surface area (Å²) in [6, 6.07) is 10.3. The maximum atomic E-state index is 12.0. The molecule has 1 atom stereocenters. The van der Waals surface area contributed by atoms with Gasteiger partial charge in [0.25, 0.3) is 0 Å². The lowest BCUT2D eigenvalue weighted by Gasteiger charge is -2.11. The number of anilines is 1. The van der Waals surface area contributed by atoms with E-state index in [2.05, 4.69) is 39.7 Å². The number of fused-ring (bicyclic) bond motifs is 1. The molecule has 2 N–H and O–H groups in total. The molecule has 0 bridgehead atoms. The molecule has 1 amide bonds. The lowest BCUT2D eigenvalue weighted by atomic mass is 10.0. The van der Waals surface area contributed by atoms with Gasteiger partial charge in [0.1, 0.15) is 17.0 Å². The number of carbonyl (C=O) groups is 1. The van der Waals surface area contributed by atoms with Gasteiger partial charge in [0.15, 0.2) is 0 Å². The highest BCUT2D eigenvalue weighted by atomic mass is 32.1. The van der Waals surface area contributed by atoms with Crippen molar-refractivity contribution in [1.82, 2.24) is 15.3 Å². The Balaban J connectivity index is 1.37. The van der Waals surface area contributed by atoms with E-state index in [4.69, 9.17) is 4.74 Å². The van der Waals surface area contributed by atoms with Gasteiger partial charge in [0, 0.05) is 36.6 Å². The smallest absolute Gasteiger partial charge is 0.220 e. The molecule has 0 aliphatic carbocycles. The lowest BCUT2D eigenvalue weighted by molar-refractivity contribution is -0.121. The zero-order chi connectivity index (χ0) is 20.1. The van der Waals surface area contributed by atoms with Gasteiger partial charge in [-0.25, -0.2) is 9.97 Å². The number of nitrogens with zero attached hydrogens (tertiary/aromatic N) is 2. The highest BCUT2D eigenvalue weighted by molar-refractivity contribution is 7.19. The summed E-state index contributed by atoms with van der Waals surface area (Å²) in [5.41, 5.74) is 2.35. The fourth-order valence-electron chi connectivity index (χ4n) is 3.71. The topological polar surface area (TPSA) is 76.1 Å². The molecule has 1 aliphatic heterocycles. The van der Waals surface area contributed by atoms with Crippen molar-refractivity contribution >= 4 is 33.3 Å². The van der Waals surface area contributed by atoms with Crippen LogP contribution in [0.5, 0.6) is 0 Å². The zero-order valence-electron chi connectivity index (χ0n) is 16.6. The van der Waals surface area contributed by atoms with Crippen LogP contribution in [0, 0.1) is 6.92 Å².